The van der Waals surface area contributed by atoms with Crippen LogP contribution in [0.5, 0.6) is 0 Å². The van der Waals surface area contributed by atoms with Crippen LogP contribution in [0.15, 0.2) is 28.9 Å². The molecule has 1 aromatic carbocycles. The minimum absolute atomic E-state index is 0.109. The van der Waals surface area contributed by atoms with Crippen molar-refractivity contribution in [2.45, 2.75) is 6.18 Å². The second-order valence-corrected chi connectivity index (χ2v) is 2.79. The Morgan fingerprint density at radius 1 is 1.14 bits per heavy atom. The lowest BCUT2D eigenvalue weighted by Crippen LogP contribution is -2.04. The topological polar surface area (TPSA) is 13.1 Å². The minimum Gasteiger partial charge on any atom is -0.461 e. The largest absolute Gasteiger partial charge is 0.461 e. The molecule has 0 bridgehead atoms. The van der Waals surface area contributed by atoms with Crippen molar-refractivity contribution in [1.82, 2.24) is 0 Å². The molecular weight excluding hydrogens is 200 g/mol. The zero-order valence-electron chi connectivity index (χ0n) is 6.73. The summed E-state index contributed by atoms with van der Waals surface area (Å²) in [6.07, 6.45) is -3.39. The van der Waals surface area contributed by atoms with Crippen LogP contribution in [0, 0.1) is 5.82 Å². The highest BCUT2D eigenvalue weighted by atomic mass is 19.4. The highest BCUT2D eigenvalue weighted by Gasteiger charge is 2.31. The molecule has 0 aliphatic carbocycles. The van der Waals surface area contributed by atoms with E-state index in [4.69, 9.17) is 0 Å². The van der Waals surface area contributed by atoms with Crippen LogP contribution >= 0.6 is 0 Å². The summed E-state index contributed by atoms with van der Waals surface area (Å²) in [4.78, 5) is 0. The molecule has 0 radical (unpaired) electrons. The van der Waals surface area contributed by atoms with E-state index in [-0.39, 0.29) is 11.0 Å². The van der Waals surface area contributed by atoms with Crippen molar-refractivity contribution < 1.29 is 22.0 Å². The maximum atomic E-state index is 13.0. The number of hydrogen-bond donors (Lipinski definition) is 0. The third kappa shape index (κ3) is 1.34. The fourth-order valence-electron chi connectivity index (χ4n) is 1.20. The maximum Gasteiger partial charge on any atom is 0.416 e. The van der Waals surface area contributed by atoms with E-state index in [1.807, 2.05) is 0 Å². The molecule has 0 saturated heterocycles. The van der Waals surface area contributed by atoms with Crippen LogP contribution in [0.2, 0.25) is 0 Å². The molecule has 1 heterocycles. The molecule has 0 saturated carbocycles. The summed E-state index contributed by atoms with van der Waals surface area (Å²) in [7, 11) is 0. The van der Waals surface area contributed by atoms with Gasteiger partial charge in [0.2, 0.25) is 0 Å². The smallest absolute Gasteiger partial charge is 0.416 e. The van der Waals surface area contributed by atoms with Crippen LogP contribution < -0.4 is 0 Å². The number of halogens is 4. The molecule has 0 spiro atoms. The van der Waals surface area contributed by atoms with E-state index >= 15 is 0 Å². The molecule has 0 aliphatic rings. The Bertz CT molecular complexity index is 469. The summed E-state index contributed by atoms with van der Waals surface area (Å²) in [6, 6.07) is 2.56. The van der Waals surface area contributed by atoms with Crippen LogP contribution in [-0.4, -0.2) is 0 Å². The van der Waals surface area contributed by atoms with Crippen molar-refractivity contribution in [2.75, 3.05) is 0 Å². The van der Waals surface area contributed by atoms with E-state index in [1.54, 1.807) is 0 Å². The Morgan fingerprint density at radius 3 is 2.50 bits per heavy atom. The molecule has 2 rings (SSSR count). The van der Waals surface area contributed by atoms with Gasteiger partial charge in [0.05, 0.1) is 11.8 Å². The molecule has 5 heteroatoms. The van der Waals surface area contributed by atoms with Crippen molar-refractivity contribution in [3.05, 3.63) is 35.8 Å². The third-order valence-corrected chi connectivity index (χ3v) is 1.83. The SMILES string of the molecule is Fc1cc(C(F)(F)F)cc2ccoc12. The molecule has 0 unspecified atom stereocenters. The first kappa shape index (κ1) is 9.05. The number of benzene rings is 1. The molecule has 0 N–H and O–H groups in total. The lowest BCUT2D eigenvalue weighted by atomic mass is 10.1. The summed E-state index contributed by atoms with van der Waals surface area (Å²) in [5.41, 5.74) is -1.16. The normalized spacial score (nSPS) is 12.3. The van der Waals surface area contributed by atoms with Gasteiger partial charge in [0.15, 0.2) is 11.4 Å². The van der Waals surface area contributed by atoms with Gasteiger partial charge >= 0.3 is 6.18 Å². The number of alkyl halides is 3. The van der Waals surface area contributed by atoms with E-state index in [0.29, 0.717) is 6.07 Å². The van der Waals surface area contributed by atoms with Gasteiger partial charge in [-0.1, -0.05) is 0 Å². The van der Waals surface area contributed by atoms with Gasteiger partial charge in [-0.3, -0.25) is 0 Å². The fraction of sp³-hybridized carbons (Fsp3) is 0.111. The summed E-state index contributed by atoms with van der Waals surface area (Å²) in [6.45, 7) is 0. The van der Waals surface area contributed by atoms with Crippen LogP contribution in [0.25, 0.3) is 11.0 Å². The molecule has 0 amide bonds. The Labute approximate surface area is 75.9 Å². The van der Waals surface area contributed by atoms with Crippen LogP contribution in [0.4, 0.5) is 17.6 Å². The molecule has 1 aromatic heterocycles. The van der Waals surface area contributed by atoms with Crippen LogP contribution in [-0.2, 0) is 6.18 Å². The Balaban J connectivity index is 2.70. The van der Waals surface area contributed by atoms with Gasteiger partial charge in [-0.25, -0.2) is 4.39 Å². The summed E-state index contributed by atoms with van der Waals surface area (Å²) in [5.74, 6) is -1.00. The average molecular weight is 204 g/mol. The Hall–Kier alpha value is -1.52. The number of furan rings is 1. The average Bonchev–Trinajstić information content (AvgIpc) is 2.50. The highest BCUT2D eigenvalue weighted by molar-refractivity contribution is 5.78. The quantitative estimate of drug-likeness (QED) is 0.597. The number of hydrogen-bond acceptors (Lipinski definition) is 1. The van der Waals surface area contributed by atoms with Crippen molar-refractivity contribution in [3.63, 3.8) is 0 Å². The van der Waals surface area contributed by atoms with E-state index in [0.717, 1.165) is 12.3 Å². The molecule has 1 nitrogen and oxygen atoms in total. The second kappa shape index (κ2) is 2.73. The monoisotopic (exact) mass is 204 g/mol. The van der Waals surface area contributed by atoms with Crippen molar-refractivity contribution in [1.29, 1.82) is 0 Å². The lowest BCUT2D eigenvalue weighted by molar-refractivity contribution is -0.137. The summed E-state index contributed by atoms with van der Waals surface area (Å²) in [5, 5.41) is 0.109. The zero-order valence-corrected chi connectivity index (χ0v) is 6.73. The third-order valence-electron chi connectivity index (χ3n) is 1.83. The van der Waals surface area contributed by atoms with Crippen LogP contribution in [0.3, 0.4) is 0 Å². The lowest BCUT2D eigenvalue weighted by Gasteiger charge is -2.06. The molecule has 74 valence electrons. The highest BCUT2D eigenvalue weighted by Crippen LogP contribution is 2.32. The predicted molar refractivity (Wildman–Crippen MR) is 41.2 cm³/mol. The minimum atomic E-state index is -4.54. The molecule has 14 heavy (non-hydrogen) atoms. The van der Waals surface area contributed by atoms with E-state index in [2.05, 4.69) is 4.42 Å². The maximum absolute atomic E-state index is 13.0. The van der Waals surface area contributed by atoms with Gasteiger partial charge < -0.3 is 4.42 Å². The first-order valence-electron chi connectivity index (χ1n) is 3.72. The first-order valence-corrected chi connectivity index (χ1v) is 3.72. The van der Waals surface area contributed by atoms with Gasteiger partial charge in [-0.05, 0) is 18.2 Å². The Kier molecular flexibility index (Phi) is 1.77. The number of rotatable bonds is 0. The van der Waals surface area contributed by atoms with Gasteiger partial charge in [0, 0.05) is 5.39 Å². The van der Waals surface area contributed by atoms with E-state index < -0.39 is 17.6 Å². The fourth-order valence-corrected chi connectivity index (χ4v) is 1.20. The van der Waals surface area contributed by atoms with Gasteiger partial charge in [-0.2, -0.15) is 13.2 Å². The van der Waals surface area contributed by atoms with Gasteiger partial charge in [-0.15, -0.1) is 0 Å². The van der Waals surface area contributed by atoms with Crippen molar-refractivity contribution in [2.24, 2.45) is 0 Å². The van der Waals surface area contributed by atoms with Gasteiger partial charge in [0.1, 0.15) is 0 Å². The molecule has 0 fully saturated rings. The van der Waals surface area contributed by atoms with Crippen molar-refractivity contribution in [3.8, 4) is 0 Å². The molecule has 0 atom stereocenters. The summed E-state index contributed by atoms with van der Waals surface area (Å²) >= 11 is 0. The molecule has 2 aromatic rings. The second-order valence-electron chi connectivity index (χ2n) is 2.79. The van der Waals surface area contributed by atoms with E-state index in [1.165, 1.54) is 6.07 Å². The Morgan fingerprint density at radius 2 is 1.86 bits per heavy atom. The summed E-state index contributed by atoms with van der Waals surface area (Å²) < 4.78 is 54.3. The number of fused-ring (bicyclic) bond motifs is 1. The zero-order chi connectivity index (χ0) is 10.3. The molecular formula is C9H4F4O. The van der Waals surface area contributed by atoms with Crippen LogP contribution in [0.1, 0.15) is 5.56 Å². The van der Waals surface area contributed by atoms with Gasteiger partial charge in [0.25, 0.3) is 0 Å². The first-order chi connectivity index (χ1) is 6.48. The standard InChI is InChI=1S/C9H4F4O/c10-7-4-6(9(11,12)13)3-5-1-2-14-8(5)7/h1-4H. The molecule has 0 aliphatic heterocycles. The van der Waals surface area contributed by atoms with E-state index in [9.17, 15) is 17.6 Å². The predicted octanol–water partition coefficient (Wildman–Crippen LogP) is 3.59. The van der Waals surface area contributed by atoms with Crippen molar-refractivity contribution >= 4 is 11.0 Å².